The number of aromatic nitrogens is 3. The van der Waals surface area contributed by atoms with Gasteiger partial charge < -0.3 is 19.5 Å². The molecule has 0 aliphatic carbocycles. The van der Waals surface area contributed by atoms with Gasteiger partial charge in [-0.1, -0.05) is 0 Å². The molecule has 8 nitrogen and oxygen atoms in total. The molecule has 0 aliphatic heterocycles. The maximum absolute atomic E-state index is 13.1. The molecule has 27 heavy (non-hydrogen) atoms. The van der Waals surface area contributed by atoms with Gasteiger partial charge in [-0.15, -0.1) is 0 Å². The molecule has 3 rings (SSSR count). The predicted molar refractivity (Wildman–Crippen MR) is 104 cm³/mol. The first-order valence-corrected chi connectivity index (χ1v) is 8.43. The number of anilines is 1. The van der Waals surface area contributed by atoms with Crippen LogP contribution in [0.3, 0.4) is 0 Å². The molecule has 0 aliphatic rings. The summed E-state index contributed by atoms with van der Waals surface area (Å²) in [6, 6.07) is 5.50. The van der Waals surface area contributed by atoms with Crippen molar-refractivity contribution >= 4 is 16.7 Å². The van der Waals surface area contributed by atoms with Crippen LogP contribution in [0.5, 0.6) is 17.2 Å². The van der Waals surface area contributed by atoms with Crippen LogP contribution in [-0.2, 0) is 0 Å². The molecule has 0 saturated carbocycles. The van der Waals surface area contributed by atoms with E-state index in [1.54, 1.807) is 12.3 Å². The van der Waals surface area contributed by atoms with Gasteiger partial charge in [0.25, 0.3) is 5.56 Å². The van der Waals surface area contributed by atoms with Crippen molar-refractivity contribution < 1.29 is 14.2 Å². The molecule has 0 amide bonds. The van der Waals surface area contributed by atoms with E-state index in [9.17, 15) is 4.79 Å². The van der Waals surface area contributed by atoms with E-state index in [0.717, 1.165) is 5.82 Å². The average molecular weight is 370 g/mol. The molecule has 8 heteroatoms. The number of nitrogens with one attached hydrogen (secondary N) is 1. The minimum atomic E-state index is -0.259. The molecular formula is C19H22N4O4. The minimum Gasteiger partial charge on any atom is -0.493 e. The summed E-state index contributed by atoms with van der Waals surface area (Å²) in [7, 11) is 4.50. The van der Waals surface area contributed by atoms with Crippen molar-refractivity contribution in [3.63, 3.8) is 0 Å². The number of methoxy groups -OCH3 is 3. The average Bonchev–Trinajstić information content (AvgIpc) is 2.67. The Morgan fingerprint density at radius 3 is 2.33 bits per heavy atom. The quantitative estimate of drug-likeness (QED) is 0.714. The van der Waals surface area contributed by atoms with Crippen molar-refractivity contribution in [3.05, 3.63) is 41.1 Å². The van der Waals surface area contributed by atoms with E-state index in [4.69, 9.17) is 14.2 Å². The fourth-order valence-corrected chi connectivity index (χ4v) is 2.82. The summed E-state index contributed by atoms with van der Waals surface area (Å²) < 4.78 is 17.5. The van der Waals surface area contributed by atoms with Crippen LogP contribution in [0.25, 0.3) is 16.6 Å². The lowest BCUT2D eigenvalue weighted by atomic mass is 10.2. The number of hydrogen-bond acceptors (Lipinski definition) is 7. The second kappa shape index (κ2) is 7.53. The molecule has 3 aromatic rings. The zero-order chi connectivity index (χ0) is 19.6. The topological polar surface area (TPSA) is 87.5 Å². The fraction of sp³-hybridized carbons (Fsp3) is 0.316. The van der Waals surface area contributed by atoms with Gasteiger partial charge in [-0.3, -0.25) is 9.36 Å². The molecule has 1 aromatic carbocycles. The molecule has 2 heterocycles. The van der Waals surface area contributed by atoms with Crippen LogP contribution in [0.15, 0.2) is 35.5 Å². The highest BCUT2D eigenvalue weighted by Gasteiger charge is 2.19. The first-order valence-electron chi connectivity index (χ1n) is 8.43. The molecule has 0 fully saturated rings. The van der Waals surface area contributed by atoms with E-state index < -0.39 is 0 Å². The number of hydrogen-bond donors (Lipinski definition) is 1. The molecule has 0 atom stereocenters. The Labute approximate surface area is 156 Å². The number of benzene rings is 1. The van der Waals surface area contributed by atoms with E-state index in [-0.39, 0.29) is 11.6 Å². The lowest BCUT2D eigenvalue weighted by molar-refractivity contribution is 0.326. The minimum absolute atomic E-state index is 0.259. The van der Waals surface area contributed by atoms with Gasteiger partial charge in [-0.25, -0.2) is 9.97 Å². The van der Waals surface area contributed by atoms with Crippen LogP contribution in [0.1, 0.15) is 13.8 Å². The Bertz CT molecular complexity index is 1010. The highest BCUT2D eigenvalue weighted by Crippen LogP contribution is 2.41. The first-order chi connectivity index (χ1) is 13.0. The number of rotatable bonds is 6. The molecule has 2 aromatic heterocycles. The summed E-state index contributed by atoms with van der Waals surface area (Å²) in [5, 5.41) is 3.57. The highest BCUT2D eigenvalue weighted by atomic mass is 16.5. The Hall–Kier alpha value is -3.29. The highest BCUT2D eigenvalue weighted by molar-refractivity contribution is 5.89. The van der Waals surface area contributed by atoms with E-state index in [0.29, 0.717) is 33.8 Å². The Morgan fingerprint density at radius 1 is 1.04 bits per heavy atom. The summed E-state index contributed by atoms with van der Waals surface area (Å²) in [5.41, 5.74) is 0.755. The summed E-state index contributed by atoms with van der Waals surface area (Å²) in [6.45, 7) is 4.06. The van der Waals surface area contributed by atoms with Gasteiger partial charge in [-0.05, 0) is 32.0 Å². The van der Waals surface area contributed by atoms with Crippen molar-refractivity contribution in [1.82, 2.24) is 14.5 Å². The zero-order valence-corrected chi connectivity index (χ0v) is 15.9. The lowest BCUT2D eigenvalue weighted by Crippen LogP contribution is -2.20. The van der Waals surface area contributed by atoms with Crippen LogP contribution in [-0.4, -0.2) is 41.9 Å². The van der Waals surface area contributed by atoms with Crippen LogP contribution >= 0.6 is 0 Å². The van der Waals surface area contributed by atoms with Gasteiger partial charge in [0.1, 0.15) is 17.7 Å². The fourth-order valence-electron chi connectivity index (χ4n) is 2.82. The van der Waals surface area contributed by atoms with Crippen molar-refractivity contribution in [3.8, 4) is 22.9 Å². The Morgan fingerprint density at radius 2 is 1.78 bits per heavy atom. The number of fused-ring (bicyclic) bond motifs is 1. The maximum atomic E-state index is 13.1. The van der Waals surface area contributed by atoms with E-state index >= 15 is 0 Å². The molecule has 0 spiro atoms. The number of nitrogens with zero attached hydrogens (tertiary/aromatic N) is 3. The predicted octanol–water partition coefficient (Wildman–Crippen LogP) is 2.63. The molecule has 0 saturated heterocycles. The van der Waals surface area contributed by atoms with Crippen LogP contribution in [0.4, 0.5) is 5.82 Å². The van der Waals surface area contributed by atoms with Gasteiger partial charge in [-0.2, -0.15) is 0 Å². The van der Waals surface area contributed by atoms with Gasteiger partial charge in [0.05, 0.1) is 38.6 Å². The van der Waals surface area contributed by atoms with E-state index in [2.05, 4.69) is 15.3 Å². The Kier molecular flexibility index (Phi) is 5.16. The molecule has 0 unspecified atom stereocenters. The van der Waals surface area contributed by atoms with Gasteiger partial charge in [0, 0.05) is 6.04 Å². The summed E-state index contributed by atoms with van der Waals surface area (Å²) in [4.78, 5) is 21.8. The number of ether oxygens (including phenoxy) is 3. The van der Waals surface area contributed by atoms with Gasteiger partial charge in [0.15, 0.2) is 11.5 Å². The molecule has 142 valence electrons. The SMILES string of the molecule is COc1cc2c(=O)n(-c3ccc(NC(C)C)nc3)cnc2c(OC)c1OC. The largest absolute Gasteiger partial charge is 0.493 e. The monoisotopic (exact) mass is 370 g/mol. The normalized spacial score (nSPS) is 10.9. The molecule has 0 radical (unpaired) electrons. The van der Waals surface area contributed by atoms with Crippen molar-refractivity contribution in [2.24, 2.45) is 0 Å². The van der Waals surface area contributed by atoms with Gasteiger partial charge in [0.2, 0.25) is 5.75 Å². The van der Waals surface area contributed by atoms with Crippen LogP contribution in [0.2, 0.25) is 0 Å². The standard InChI is InChI=1S/C19H22N4O4/c1-11(2)22-15-7-6-12(9-20-15)23-10-21-16-13(19(23)24)8-14(25-3)17(26-4)18(16)27-5/h6-11H,1-5H3,(H,20,22). The molecule has 0 bridgehead atoms. The smallest absolute Gasteiger partial charge is 0.266 e. The van der Waals surface area contributed by atoms with Crippen LogP contribution < -0.4 is 25.1 Å². The van der Waals surface area contributed by atoms with E-state index in [1.165, 1.54) is 32.2 Å². The van der Waals surface area contributed by atoms with Crippen molar-refractivity contribution in [2.45, 2.75) is 19.9 Å². The molecule has 1 N–H and O–H groups in total. The third-order valence-corrected chi connectivity index (χ3v) is 4.02. The first kappa shape index (κ1) is 18.5. The van der Waals surface area contributed by atoms with E-state index in [1.807, 2.05) is 26.0 Å². The van der Waals surface area contributed by atoms with Gasteiger partial charge >= 0.3 is 0 Å². The Balaban J connectivity index is 2.16. The summed E-state index contributed by atoms with van der Waals surface area (Å²) >= 11 is 0. The lowest BCUT2D eigenvalue weighted by Gasteiger charge is -2.15. The maximum Gasteiger partial charge on any atom is 0.266 e. The van der Waals surface area contributed by atoms with Crippen molar-refractivity contribution in [1.29, 1.82) is 0 Å². The van der Waals surface area contributed by atoms with Crippen LogP contribution in [0, 0.1) is 0 Å². The number of pyridine rings is 1. The van der Waals surface area contributed by atoms with Crippen molar-refractivity contribution in [2.75, 3.05) is 26.6 Å². The summed E-state index contributed by atoms with van der Waals surface area (Å²) in [6.07, 6.45) is 3.07. The summed E-state index contributed by atoms with van der Waals surface area (Å²) in [5.74, 6) is 1.88. The molecular weight excluding hydrogens is 348 g/mol. The third-order valence-electron chi connectivity index (χ3n) is 4.02. The second-order valence-corrected chi connectivity index (χ2v) is 6.16. The third kappa shape index (κ3) is 3.38. The zero-order valence-electron chi connectivity index (χ0n) is 15.9. The second-order valence-electron chi connectivity index (χ2n) is 6.16.